The molecule has 0 atom stereocenters. The van der Waals surface area contributed by atoms with E-state index in [2.05, 4.69) is 56.0 Å². The molecule has 1 heterocycles. The highest BCUT2D eigenvalue weighted by molar-refractivity contribution is 7.22. The highest BCUT2D eigenvalue weighted by atomic mass is 32.1. The first kappa shape index (κ1) is 19.5. The van der Waals surface area contributed by atoms with Gasteiger partial charge in [0.1, 0.15) is 0 Å². The van der Waals surface area contributed by atoms with Crippen LogP contribution in [-0.2, 0) is 11.2 Å². The number of rotatable bonds is 6. The van der Waals surface area contributed by atoms with E-state index in [1.54, 1.807) is 11.3 Å². The van der Waals surface area contributed by atoms with Crippen LogP contribution in [0.3, 0.4) is 0 Å². The van der Waals surface area contributed by atoms with Crippen molar-refractivity contribution >= 4 is 32.6 Å². The van der Waals surface area contributed by atoms with Gasteiger partial charge in [0.2, 0.25) is 5.91 Å². The van der Waals surface area contributed by atoms with Gasteiger partial charge < -0.3 is 4.90 Å². The van der Waals surface area contributed by atoms with Crippen molar-refractivity contribution in [3.05, 3.63) is 58.7 Å². The van der Waals surface area contributed by atoms with E-state index in [4.69, 9.17) is 4.98 Å². The summed E-state index contributed by atoms with van der Waals surface area (Å²) in [6.45, 7) is 7.64. The van der Waals surface area contributed by atoms with Crippen molar-refractivity contribution in [2.24, 2.45) is 0 Å². The first-order valence-corrected chi connectivity index (χ1v) is 10.0. The number of anilines is 1. The van der Waals surface area contributed by atoms with E-state index >= 15 is 0 Å². The van der Waals surface area contributed by atoms with Gasteiger partial charge in [0.15, 0.2) is 5.13 Å². The zero-order valence-corrected chi connectivity index (χ0v) is 17.6. The predicted molar refractivity (Wildman–Crippen MR) is 115 cm³/mol. The standard InChI is InChI=1S/C22H27N3OS/c1-15-9-10-18(17(3)13-15)14-20(26)25(12-11-24(4)5)22-23-21-16(2)7-6-8-19(21)27-22/h6-10,13H,11-12,14H2,1-5H3. The highest BCUT2D eigenvalue weighted by Gasteiger charge is 2.21. The van der Waals surface area contributed by atoms with Gasteiger partial charge in [0, 0.05) is 13.1 Å². The van der Waals surface area contributed by atoms with Crippen LogP contribution in [-0.4, -0.2) is 43.0 Å². The fourth-order valence-corrected chi connectivity index (χ4v) is 4.21. The molecule has 0 unspecified atom stereocenters. The number of amides is 1. The third kappa shape index (κ3) is 4.54. The number of para-hydroxylation sites is 1. The number of thiazole rings is 1. The van der Waals surface area contributed by atoms with Gasteiger partial charge in [-0.3, -0.25) is 9.69 Å². The maximum atomic E-state index is 13.2. The van der Waals surface area contributed by atoms with E-state index in [-0.39, 0.29) is 5.91 Å². The molecule has 0 spiro atoms. The van der Waals surface area contributed by atoms with Gasteiger partial charge in [0.25, 0.3) is 0 Å². The van der Waals surface area contributed by atoms with Crippen molar-refractivity contribution < 1.29 is 4.79 Å². The molecule has 0 aliphatic carbocycles. The number of hydrogen-bond donors (Lipinski definition) is 0. The van der Waals surface area contributed by atoms with Crippen LogP contribution in [0.1, 0.15) is 22.3 Å². The van der Waals surface area contributed by atoms with Gasteiger partial charge in [0.05, 0.1) is 16.6 Å². The molecule has 3 rings (SSSR count). The normalized spacial score (nSPS) is 11.3. The first-order valence-electron chi connectivity index (χ1n) is 9.22. The lowest BCUT2D eigenvalue weighted by Gasteiger charge is -2.22. The summed E-state index contributed by atoms with van der Waals surface area (Å²) in [6, 6.07) is 12.4. The maximum Gasteiger partial charge on any atom is 0.233 e. The zero-order valence-electron chi connectivity index (χ0n) is 16.7. The Hall–Kier alpha value is -2.24. The van der Waals surface area contributed by atoms with Crippen LogP contribution in [0.4, 0.5) is 5.13 Å². The van der Waals surface area contributed by atoms with Crippen LogP contribution in [0.25, 0.3) is 10.2 Å². The molecule has 0 saturated heterocycles. The van der Waals surface area contributed by atoms with Crippen molar-refractivity contribution in [2.45, 2.75) is 27.2 Å². The topological polar surface area (TPSA) is 36.4 Å². The predicted octanol–water partition coefficient (Wildman–Crippen LogP) is 4.36. The molecule has 4 nitrogen and oxygen atoms in total. The van der Waals surface area contributed by atoms with Crippen molar-refractivity contribution in [3.63, 3.8) is 0 Å². The van der Waals surface area contributed by atoms with Crippen molar-refractivity contribution in [2.75, 3.05) is 32.1 Å². The molecule has 142 valence electrons. The largest absolute Gasteiger partial charge is 0.308 e. The second kappa shape index (κ2) is 8.19. The number of carbonyl (C=O) groups is 1. The van der Waals surface area contributed by atoms with Gasteiger partial charge in [-0.2, -0.15) is 0 Å². The van der Waals surface area contributed by atoms with Crippen molar-refractivity contribution in [1.29, 1.82) is 0 Å². The quantitative estimate of drug-likeness (QED) is 0.637. The molecule has 0 radical (unpaired) electrons. The van der Waals surface area contributed by atoms with E-state index in [9.17, 15) is 4.79 Å². The number of aryl methyl sites for hydroxylation is 3. The Balaban J connectivity index is 1.91. The van der Waals surface area contributed by atoms with Gasteiger partial charge >= 0.3 is 0 Å². The van der Waals surface area contributed by atoms with E-state index < -0.39 is 0 Å². The third-order valence-corrected chi connectivity index (χ3v) is 5.80. The minimum absolute atomic E-state index is 0.0977. The minimum atomic E-state index is 0.0977. The molecule has 1 aromatic heterocycles. The summed E-state index contributed by atoms with van der Waals surface area (Å²) in [6.07, 6.45) is 0.397. The molecular weight excluding hydrogens is 354 g/mol. The summed E-state index contributed by atoms with van der Waals surface area (Å²) in [7, 11) is 4.05. The smallest absolute Gasteiger partial charge is 0.233 e. The monoisotopic (exact) mass is 381 g/mol. The average molecular weight is 382 g/mol. The van der Waals surface area contributed by atoms with Crippen LogP contribution in [0.2, 0.25) is 0 Å². The first-order chi connectivity index (χ1) is 12.8. The molecule has 0 fully saturated rings. The van der Waals surface area contributed by atoms with E-state index in [0.717, 1.165) is 38.6 Å². The Bertz CT molecular complexity index is 961. The number of aromatic nitrogens is 1. The molecular formula is C22H27N3OS. The highest BCUT2D eigenvalue weighted by Crippen LogP contribution is 2.31. The zero-order chi connectivity index (χ0) is 19.6. The van der Waals surface area contributed by atoms with Gasteiger partial charge in [-0.1, -0.05) is 47.2 Å². The molecule has 0 N–H and O–H groups in total. The van der Waals surface area contributed by atoms with Crippen LogP contribution in [0, 0.1) is 20.8 Å². The number of nitrogens with zero attached hydrogens (tertiary/aromatic N) is 3. The summed E-state index contributed by atoms with van der Waals surface area (Å²) in [5.41, 5.74) is 5.60. The van der Waals surface area contributed by atoms with Crippen LogP contribution >= 0.6 is 11.3 Å². The summed E-state index contributed by atoms with van der Waals surface area (Å²) in [5.74, 6) is 0.0977. The van der Waals surface area contributed by atoms with E-state index in [1.807, 2.05) is 25.1 Å². The van der Waals surface area contributed by atoms with Crippen LogP contribution in [0.5, 0.6) is 0 Å². The Labute approximate surface area is 165 Å². The number of hydrogen-bond acceptors (Lipinski definition) is 4. The minimum Gasteiger partial charge on any atom is -0.308 e. The molecule has 0 aliphatic heterocycles. The Morgan fingerprint density at radius 2 is 1.81 bits per heavy atom. The molecule has 0 bridgehead atoms. The van der Waals surface area contributed by atoms with Gasteiger partial charge in [-0.05, 0) is 57.6 Å². The summed E-state index contributed by atoms with van der Waals surface area (Å²) < 4.78 is 1.12. The Morgan fingerprint density at radius 3 is 2.48 bits per heavy atom. The van der Waals surface area contributed by atoms with Crippen LogP contribution in [0.15, 0.2) is 36.4 Å². The number of likely N-dealkylation sites (N-methyl/N-ethyl adjacent to an activating group) is 1. The fraction of sp³-hybridized carbons (Fsp3) is 0.364. The molecule has 27 heavy (non-hydrogen) atoms. The van der Waals surface area contributed by atoms with Crippen molar-refractivity contribution in [1.82, 2.24) is 9.88 Å². The molecule has 0 aliphatic rings. The fourth-order valence-electron chi connectivity index (χ4n) is 3.12. The average Bonchev–Trinajstić information content (AvgIpc) is 3.02. The van der Waals surface area contributed by atoms with E-state index in [0.29, 0.717) is 13.0 Å². The third-order valence-electron chi connectivity index (χ3n) is 4.75. The molecule has 1 amide bonds. The second-order valence-corrected chi connectivity index (χ2v) is 8.38. The lowest BCUT2D eigenvalue weighted by Crippen LogP contribution is -2.37. The van der Waals surface area contributed by atoms with Crippen molar-refractivity contribution in [3.8, 4) is 0 Å². The van der Waals surface area contributed by atoms with Crippen LogP contribution < -0.4 is 4.90 Å². The molecule has 0 saturated carbocycles. The number of benzene rings is 2. The van der Waals surface area contributed by atoms with Gasteiger partial charge in [-0.25, -0.2) is 4.98 Å². The SMILES string of the molecule is Cc1ccc(CC(=O)N(CCN(C)C)c2nc3c(C)cccc3s2)c(C)c1. The number of fused-ring (bicyclic) bond motifs is 1. The van der Waals surface area contributed by atoms with E-state index in [1.165, 1.54) is 5.56 Å². The Kier molecular flexibility index (Phi) is 5.92. The lowest BCUT2D eigenvalue weighted by atomic mass is 10.0. The Morgan fingerprint density at radius 1 is 1.04 bits per heavy atom. The molecule has 5 heteroatoms. The maximum absolute atomic E-state index is 13.2. The summed E-state index contributed by atoms with van der Waals surface area (Å²) in [5, 5.41) is 0.788. The summed E-state index contributed by atoms with van der Waals surface area (Å²) in [4.78, 5) is 21.9. The second-order valence-electron chi connectivity index (χ2n) is 7.37. The number of carbonyl (C=O) groups excluding carboxylic acids is 1. The summed E-state index contributed by atoms with van der Waals surface area (Å²) >= 11 is 1.59. The molecule has 3 aromatic rings. The molecule has 2 aromatic carbocycles. The lowest BCUT2D eigenvalue weighted by molar-refractivity contribution is -0.118. The van der Waals surface area contributed by atoms with Gasteiger partial charge in [-0.15, -0.1) is 0 Å².